The molecule has 23 heavy (non-hydrogen) atoms. The highest BCUT2D eigenvalue weighted by atomic mass is 19.1. The van der Waals surface area contributed by atoms with Gasteiger partial charge in [-0.25, -0.2) is 9.18 Å². The van der Waals surface area contributed by atoms with Gasteiger partial charge in [-0.15, -0.1) is 0 Å². The summed E-state index contributed by atoms with van der Waals surface area (Å²) in [6.07, 6.45) is -0.306. The van der Waals surface area contributed by atoms with Gasteiger partial charge in [-0.1, -0.05) is 6.07 Å². The zero-order valence-electron chi connectivity index (χ0n) is 13.9. The highest BCUT2D eigenvalue weighted by Gasteiger charge is 2.26. The standard InChI is InChI=1S/C16H25FN4O2/c1-16(2,3)23-15(22)21-8-6-20(7-9-21)10-11-4-5-12(18)14(19)13(11)17/h4-5H,6-10,18-19H2,1-3H3. The Balaban J connectivity index is 1.90. The third-order valence-electron chi connectivity index (χ3n) is 3.71. The number of halogens is 1. The molecule has 0 bridgehead atoms. The van der Waals surface area contributed by atoms with Crippen molar-refractivity contribution in [2.75, 3.05) is 37.6 Å². The number of nitrogen functional groups attached to an aromatic ring is 2. The van der Waals surface area contributed by atoms with Gasteiger partial charge in [0.15, 0.2) is 5.82 Å². The number of amides is 1. The number of hydrogen-bond donors (Lipinski definition) is 2. The summed E-state index contributed by atoms with van der Waals surface area (Å²) < 4.78 is 19.4. The summed E-state index contributed by atoms with van der Waals surface area (Å²) in [4.78, 5) is 15.8. The number of anilines is 2. The summed E-state index contributed by atoms with van der Waals surface area (Å²) in [6, 6.07) is 3.27. The minimum atomic E-state index is -0.501. The highest BCUT2D eigenvalue weighted by molar-refractivity contribution is 5.68. The molecule has 6 nitrogen and oxygen atoms in total. The van der Waals surface area contributed by atoms with E-state index in [1.165, 1.54) is 0 Å². The van der Waals surface area contributed by atoms with E-state index < -0.39 is 11.4 Å². The lowest BCUT2D eigenvalue weighted by atomic mass is 10.1. The van der Waals surface area contributed by atoms with Crippen molar-refractivity contribution >= 4 is 17.5 Å². The molecule has 0 spiro atoms. The van der Waals surface area contributed by atoms with E-state index in [0.717, 1.165) is 0 Å². The predicted octanol–water partition coefficient (Wildman–Crippen LogP) is 2.04. The maximum atomic E-state index is 14.1. The maximum absolute atomic E-state index is 14.1. The molecule has 0 unspecified atom stereocenters. The van der Waals surface area contributed by atoms with Crippen molar-refractivity contribution in [2.45, 2.75) is 32.9 Å². The quantitative estimate of drug-likeness (QED) is 0.813. The minimum Gasteiger partial charge on any atom is -0.444 e. The molecule has 1 fully saturated rings. The second kappa shape index (κ2) is 6.62. The van der Waals surface area contributed by atoms with Crippen LogP contribution in [0.4, 0.5) is 20.6 Å². The van der Waals surface area contributed by atoms with E-state index in [1.807, 2.05) is 20.8 Å². The summed E-state index contributed by atoms with van der Waals surface area (Å²) in [5.74, 6) is -0.459. The molecule has 4 N–H and O–H groups in total. The normalized spacial score (nSPS) is 16.4. The van der Waals surface area contributed by atoms with Crippen molar-refractivity contribution in [3.05, 3.63) is 23.5 Å². The molecule has 1 aliphatic rings. The van der Waals surface area contributed by atoms with E-state index in [0.29, 0.717) is 38.3 Å². The molecule has 1 amide bonds. The zero-order chi connectivity index (χ0) is 17.2. The number of rotatable bonds is 2. The number of piperazine rings is 1. The zero-order valence-corrected chi connectivity index (χ0v) is 13.9. The Bertz CT molecular complexity index is 578. The fraction of sp³-hybridized carbons (Fsp3) is 0.562. The van der Waals surface area contributed by atoms with Gasteiger partial charge >= 0.3 is 6.09 Å². The summed E-state index contributed by atoms with van der Waals surface area (Å²) >= 11 is 0. The number of carbonyl (C=O) groups is 1. The Labute approximate surface area is 136 Å². The Hall–Kier alpha value is -2.02. The van der Waals surface area contributed by atoms with E-state index in [9.17, 15) is 9.18 Å². The summed E-state index contributed by atoms with van der Waals surface area (Å²) in [6.45, 7) is 8.40. The molecule has 7 heteroatoms. The van der Waals surface area contributed by atoms with E-state index >= 15 is 0 Å². The minimum absolute atomic E-state index is 0.00473. The van der Waals surface area contributed by atoms with Crippen LogP contribution >= 0.6 is 0 Å². The van der Waals surface area contributed by atoms with E-state index in [2.05, 4.69) is 4.90 Å². The number of nitrogens with zero attached hydrogens (tertiary/aromatic N) is 2. The van der Waals surface area contributed by atoms with Crippen molar-refractivity contribution < 1.29 is 13.9 Å². The largest absolute Gasteiger partial charge is 0.444 e. The van der Waals surface area contributed by atoms with Crippen molar-refractivity contribution in [1.29, 1.82) is 0 Å². The molecule has 1 aliphatic heterocycles. The predicted molar refractivity (Wildman–Crippen MR) is 88.3 cm³/mol. The third-order valence-corrected chi connectivity index (χ3v) is 3.71. The van der Waals surface area contributed by atoms with Gasteiger partial charge in [0, 0.05) is 38.3 Å². The number of benzene rings is 1. The summed E-state index contributed by atoms with van der Waals surface area (Å²) in [7, 11) is 0. The van der Waals surface area contributed by atoms with Crippen LogP contribution in [-0.4, -0.2) is 47.7 Å². The van der Waals surface area contributed by atoms with Gasteiger partial charge in [0.1, 0.15) is 5.60 Å². The van der Waals surface area contributed by atoms with Crippen LogP contribution in [0.25, 0.3) is 0 Å². The topological polar surface area (TPSA) is 84.8 Å². The van der Waals surface area contributed by atoms with Crippen LogP contribution in [0.5, 0.6) is 0 Å². The van der Waals surface area contributed by atoms with E-state index in [1.54, 1.807) is 17.0 Å². The van der Waals surface area contributed by atoms with Crippen LogP contribution in [0, 0.1) is 5.82 Å². The van der Waals surface area contributed by atoms with Crippen molar-refractivity contribution in [2.24, 2.45) is 0 Å². The molecular weight excluding hydrogens is 299 g/mol. The van der Waals surface area contributed by atoms with Crippen LogP contribution in [0.15, 0.2) is 12.1 Å². The number of ether oxygens (including phenoxy) is 1. The first kappa shape index (κ1) is 17.3. The van der Waals surface area contributed by atoms with Gasteiger partial charge in [-0.3, -0.25) is 4.90 Å². The van der Waals surface area contributed by atoms with Gasteiger partial charge in [0.25, 0.3) is 0 Å². The number of hydrogen-bond acceptors (Lipinski definition) is 5. The van der Waals surface area contributed by atoms with Gasteiger partial charge < -0.3 is 21.1 Å². The van der Waals surface area contributed by atoms with Crippen molar-refractivity contribution in [3.63, 3.8) is 0 Å². The van der Waals surface area contributed by atoms with Gasteiger partial charge in [0.05, 0.1) is 11.4 Å². The van der Waals surface area contributed by atoms with E-state index in [-0.39, 0.29) is 17.5 Å². The van der Waals surface area contributed by atoms with Gasteiger partial charge in [-0.2, -0.15) is 0 Å². The van der Waals surface area contributed by atoms with Crippen molar-refractivity contribution in [1.82, 2.24) is 9.80 Å². The van der Waals surface area contributed by atoms with Crippen LogP contribution in [-0.2, 0) is 11.3 Å². The molecule has 0 saturated carbocycles. The maximum Gasteiger partial charge on any atom is 0.410 e. The molecule has 128 valence electrons. The average molecular weight is 324 g/mol. The molecule has 0 aliphatic carbocycles. The fourth-order valence-corrected chi connectivity index (χ4v) is 2.43. The third kappa shape index (κ3) is 4.48. The monoisotopic (exact) mass is 324 g/mol. The lowest BCUT2D eigenvalue weighted by molar-refractivity contribution is 0.0138. The Kier molecular flexibility index (Phi) is 4.99. The number of carbonyl (C=O) groups excluding carboxylic acids is 1. The second-order valence-corrected chi connectivity index (χ2v) is 6.79. The Morgan fingerprint density at radius 1 is 1.22 bits per heavy atom. The Morgan fingerprint density at radius 3 is 2.39 bits per heavy atom. The molecule has 2 rings (SSSR count). The number of nitrogens with two attached hydrogens (primary N) is 2. The van der Waals surface area contributed by atoms with Crippen LogP contribution in [0.1, 0.15) is 26.3 Å². The Morgan fingerprint density at radius 2 is 1.83 bits per heavy atom. The van der Waals surface area contributed by atoms with Crippen LogP contribution in [0.2, 0.25) is 0 Å². The highest BCUT2D eigenvalue weighted by Crippen LogP contribution is 2.23. The SMILES string of the molecule is CC(C)(C)OC(=O)N1CCN(Cc2ccc(N)c(N)c2F)CC1. The molecule has 1 saturated heterocycles. The first-order valence-corrected chi connectivity index (χ1v) is 7.70. The molecule has 1 aromatic rings. The summed E-state index contributed by atoms with van der Waals surface area (Å²) in [5.41, 5.74) is 11.5. The van der Waals surface area contributed by atoms with E-state index in [4.69, 9.17) is 16.2 Å². The van der Waals surface area contributed by atoms with Gasteiger partial charge in [-0.05, 0) is 26.8 Å². The lowest BCUT2D eigenvalue weighted by Gasteiger charge is -2.35. The average Bonchev–Trinajstić information content (AvgIpc) is 2.47. The van der Waals surface area contributed by atoms with Crippen LogP contribution < -0.4 is 11.5 Å². The first-order chi connectivity index (χ1) is 10.7. The molecule has 0 aromatic heterocycles. The van der Waals surface area contributed by atoms with Crippen LogP contribution in [0.3, 0.4) is 0 Å². The molecule has 0 radical (unpaired) electrons. The smallest absolute Gasteiger partial charge is 0.410 e. The molecule has 0 atom stereocenters. The molecule has 1 heterocycles. The lowest BCUT2D eigenvalue weighted by Crippen LogP contribution is -2.49. The van der Waals surface area contributed by atoms with Gasteiger partial charge in [0.2, 0.25) is 0 Å². The molecular formula is C16H25FN4O2. The van der Waals surface area contributed by atoms with Crippen molar-refractivity contribution in [3.8, 4) is 0 Å². The first-order valence-electron chi connectivity index (χ1n) is 7.70. The fourth-order valence-electron chi connectivity index (χ4n) is 2.43. The second-order valence-electron chi connectivity index (χ2n) is 6.79. The molecule has 1 aromatic carbocycles. The summed E-state index contributed by atoms with van der Waals surface area (Å²) in [5, 5.41) is 0.